The van der Waals surface area contributed by atoms with Gasteiger partial charge < -0.3 is 10.6 Å². The van der Waals surface area contributed by atoms with E-state index in [-0.39, 0.29) is 5.91 Å². The first-order valence-electron chi connectivity index (χ1n) is 6.82. The van der Waals surface area contributed by atoms with E-state index in [1.54, 1.807) is 18.3 Å². The number of piperazine rings is 1. The van der Waals surface area contributed by atoms with E-state index in [0.717, 1.165) is 26.2 Å². The van der Waals surface area contributed by atoms with E-state index in [9.17, 15) is 4.79 Å². The second-order valence-corrected chi connectivity index (χ2v) is 5.46. The zero-order valence-electron chi connectivity index (χ0n) is 11.9. The molecule has 1 aromatic rings. The van der Waals surface area contributed by atoms with Gasteiger partial charge in [0.05, 0.1) is 0 Å². The highest BCUT2D eigenvalue weighted by atomic mass is 32.1. The number of nitrogens with zero attached hydrogens (tertiary/aromatic N) is 3. The molecule has 0 radical (unpaired) electrons. The maximum absolute atomic E-state index is 12.4. The Morgan fingerprint density at radius 3 is 2.75 bits per heavy atom. The lowest BCUT2D eigenvalue weighted by Gasteiger charge is -2.39. The van der Waals surface area contributed by atoms with Crippen LogP contribution >= 0.6 is 12.2 Å². The third-order valence-corrected chi connectivity index (χ3v) is 3.96. The standard InChI is InChI=1S/C14H20N4OS/c1-3-17-6-7-18(9-10(17)2)14(19)12-5-4-11(8-16-12)13(15)20/h4-5,8,10H,3,6-7,9H2,1-2H3,(H2,15,20). The number of pyridine rings is 1. The predicted molar refractivity (Wildman–Crippen MR) is 82.7 cm³/mol. The van der Waals surface area contributed by atoms with Gasteiger partial charge in [-0.25, -0.2) is 0 Å². The number of hydrogen-bond acceptors (Lipinski definition) is 4. The molecule has 5 nitrogen and oxygen atoms in total. The minimum Gasteiger partial charge on any atom is -0.389 e. The average Bonchev–Trinajstić information content (AvgIpc) is 2.46. The van der Waals surface area contributed by atoms with Crippen LogP contribution in [0.25, 0.3) is 0 Å². The highest BCUT2D eigenvalue weighted by Gasteiger charge is 2.26. The van der Waals surface area contributed by atoms with Gasteiger partial charge >= 0.3 is 0 Å². The summed E-state index contributed by atoms with van der Waals surface area (Å²) < 4.78 is 0. The SMILES string of the molecule is CCN1CCN(C(=O)c2ccc(C(N)=S)cn2)CC1C. The molecule has 1 amide bonds. The number of carbonyl (C=O) groups excluding carboxylic acids is 1. The fraction of sp³-hybridized carbons (Fsp3) is 0.500. The van der Waals surface area contributed by atoms with Crippen LogP contribution in [0.3, 0.4) is 0 Å². The summed E-state index contributed by atoms with van der Waals surface area (Å²) in [5, 5.41) is 0. The normalized spacial score (nSPS) is 19.9. The summed E-state index contributed by atoms with van der Waals surface area (Å²) in [6.45, 7) is 7.70. The monoisotopic (exact) mass is 292 g/mol. The summed E-state index contributed by atoms with van der Waals surface area (Å²) in [7, 11) is 0. The van der Waals surface area contributed by atoms with Gasteiger partial charge in [0.15, 0.2) is 0 Å². The third kappa shape index (κ3) is 3.13. The number of amides is 1. The van der Waals surface area contributed by atoms with Crippen LogP contribution in [-0.4, -0.2) is 57.9 Å². The molecule has 1 aliphatic heterocycles. The van der Waals surface area contributed by atoms with Crippen molar-refractivity contribution in [3.8, 4) is 0 Å². The van der Waals surface area contributed by atoms with Crippen molar-refractivity contribution >= 4 is 23.1 Å². The molecule has 1 aliphatic rings. The van der Waals surface area contributed by atoms with E-state index in [2.05, 4.69) is 23.7 Å². The Labute approximate surface area is 124 Å². The highest BCUT2D eigenvalue weighted by molar-refractivity contribution is 7.80. The number of nitrogens with two attached hydrogens (primary N) is 1. The van der Waals surface area contributed by atoms with Gasteiger partial charge in [0.2, 0.25) is 0 Å². The van der Waals surface area contributed by atoms with Crippen LogP contribution in [0.15, 0.2) is 18.3 Å². The van der Waals surface area contributed by atoms with Crippen LogP contribution in [0.5, 0.6) is 0 Å². The lowest BCUT2D eigenvalue weighted by atomic mass is 10.1. The lowest BCUT2D eigenvalue weighted by molar-refractivity contribution is 0.0523. The lowest BCUT2D eigenvalue weighted by Crippen LogP contribution is -2.53. The molecular weight excluding hydrogens is 272 g/mol. The van der Waals surface area contributed by atoms with Gasteiger partial charge in [-0.2, -0.15) is 0 Å². The molecule has 20 heavy (non-hydrogen) atoms. The Bertz CT molecular complexity index is 502. The number of aromatic nitrogens is 1. The fourth-order valence-corrected chi connectivity index (χ4v) is 2.60. The average molecular weight is 292 g/mol. The first-order valence-corrected chi connectivity index (χ1v) is 7.23. The molecule has 0 aromatic carbocycles. The molecule has 0 bridgehead atoms. The number of likely N-dealkylation sites (N-methyl/N-ethyl adjacent to an activating group) is 1. The van der Waals surface area contributed by atoms with Gasteiger partial charge in [-0.3, -0.25) is 14.7 Å². The second-order valence-electron chi connectivity index (χ2n) is 5.03. The number of hydrogen-bond donors (Lipinski definition) is 1. The largest absolute Gasteiger partial charge is 0.389 e. The van der Waals surface area contributed by atoms with Crippen molar-refractivity contribution in [2.24, 2.45) is 5.73 Å². The highest BCUT2D eigenvalue weighted by Crippen LogP contribution is 2.12. The molecule has 0 spiro atoms. The first kappa shape index (κ1) is 14.9. The van der Waals surface area contributed by atoms with E-state index in [0.29, 0.717) is 22.3 Å². The molecule has 108 valence electrons. The summed E-state index contributed by atoms with van der Waals surface area (Å²) in [5.41, 5.74) is 6.65. The minimum absolute atomic E-state index is 0.0258. The molecule has 1 aromatic heterocycles. The molecule has 2 rings (SSSR count). The fourth-order valence-electron chi connectivity index (χ4n) is 2.48. The van der Waals surface area contributed by atoms with E-state index in [4.69, 9.17) is 18.0 Å². The van der Waals surface area contributed by atoms with E-state index < -0.39 is 0 Å². The molecule has 2 heterocycles. The summed E-state index contributed by atoms with van der Waals surface area (Å²) in [5.74, 6) is -0.0258. The molecule has 0 saturated carbocycles. The predicted octanol–water partition coefficient (Wildman–Crippen LogP) is 0.882. The van der Waals surface area contributed by atoms with Crippen LogP contribution in [-0.2, 0) is 0 Å². The topological polar surface area (TPSA) is 62.5 Å². The quantitative estimate of drug-likeness (QED) is 0.838. The van der Waals surface area contributed by atoms with Crippen LogP contribution in [0.1, 0.15) is 29.9 Å². The van der Waals surface area contributed by atoms with Crippen LogP contribution < -0.4 is 5.73 Å². The second kappa shape index (κ2) is 6.28. The van der Waals surface area contributed by atoms with Crippen molar-refractivity contribution in [2.45, 2.75) is 19.9 Å². The number of carbonyl (C=O) groups is 1. The van der Waals surface area contributed by atoms with E-state index in [1.165, 1.54) is 0 Å². The Morgan fingerprint density at radius 2 is 2.25 bits per heavy atom. The van der Waals surface area contributed by atoms with Crippen LogP contribution in [0.2, 0.25) is 0 Å². The Balaban J connectivity index is 2.06. The molecule has 1 atom stereocenters. The van der Waals surface area contributed by atoms with Crippen molar-refractivity contribution in [2.75, 3.05) is 26.2 Å². The van der Waals surface area contributed by atoms with Gasteiger partial charge in [0.1, 0.15) is 10.7 Å². The van der Waals surface area contributed by atoms with Crippen LogP contribution in [0, 0.1) is 0 Å². The molecular formula is C14H20N4OS. The zero-order valence-corrected chi connectivity index (χ0v) is 12.7. The number of rotatable bonds is 3. The minimum atomic E-state index is -0.0258. The van der Waals surface area contributed by atoms with E-state index in [1.807, 2.05) is 4.90 Å². The molecule has 1 fully saturated rings. The summed E-state index contributed by atoms with van der Waals surface area (Å²) in [4.78, 5) is 21.1. The van der Waals surface area contributed by atoms with E-state index >= 15 is 0 Å². The van der Waals surface area contributed by atoms with Crippen molar-refractivity contribution in [3.63, 3.8) is 0 Å². The van der Waals surface area contributed by atoms with Crippen LogP contribution in [0.4, 0.5) is 0 Å². The third-order valence-electron chi connectivity index (χ3n) is 3.73. The van der Waals surface area contributed by atoms with Gasteiger partial charge in [0.25, 0.3) is 5.91 Å². The summed E-state index contributed by atoms with van der Waals surface area (Å²) >= 11 is 4.87. The van der Waals surface area contributed by atoms with Gasteiger partial charge in [-0.05, 0) is 25.6 Å². The van der Waals surface area contributed by atoms with Gasteiger partial charge in [-0.1, -0.05) is 19.1 Å². The maximum Gasteiger partial charge on any atom is 0.272 e. The van der Waals surface area contributed by atoms with Crippen molar-refractivity contribution in [3.05, 3.63) is 29.6 Å². The number of thiocarbonyl (C=S) groups is 1. The van der Waals surface area contributed by atoms with Gasteiger partial charge in [-0.15, -0.1) is 0 Å². The Kier molecular flexibility index (Phi) is 4.67. The van der Waals surface area contributed by atoms with Gasteiger partial charge in [0, 0.05) is 37.4 Å². The zero-order chi connectivity index (χ0) is 14.7. The van der Waals surface area contributed by atoms with Crippen molar-refractivity contribution in [1.29, 1.82) is 0 Å². The summed E-state index contributed by atoms with van der Waals surface area (Å²) in [6.07, 6.45) is 1.56. The Hall–Kier alpha value is -1.53. The maximum atomic E-state index is 12.4. The molecule has 1 unspecified atom stereocenters. The first-order chi connectivity index (χ1) is 9.52. The van der Waals surface area contributed by atoms with Crippen molar-refractivity contribution in [1.82, 2.24) is 14.8 Å². The smallest absolute Gasteiger partial charge is 0.272 e. The summed E-state index contributed by atoms with van der Waals surface area (Å²) in [6, 6.07) is 3.82. The molecule has 0 aliphatic carbocycles. The Morgan fingerprint density at radius 1 is 1.50 bits per heavy atom. The molecule has 1 saturated heterocycles. The molecule has 2 N–H and O–H groups in total. The molecule has 6 heteroatoms. The van der Waals surface area contributed by atoms with Crippen molar-refractivity contribution < 1.29 is 4.79 Å².